The third-order valence-corrected chi connectivity index (χ3v) is 5.29. The Morgan fingerprint density at radius 3 is 2.48 bits per heavy atom. The van der Waals surface area contributed by atoms with E-state index in [1.807, 2.05) is 53.4 Å². The van der Waals surface area contributed by atoms with Crippen molar-refractivity contribution in [1.29, 1.82) is 0 Å². The summed E-state index contributed by atoms with van der Waals surface area (Å²) < 4.78 is 0. The van der Waals surface area contributed by atoms with E-state index in [0.29, 0.717) is 18.5 Å². The van der Waals surface area contributed by atoms with Crippen molar-refractivity contribution in [1.82, 2.24) is 0 Å². The van der Waals surface area contributed by atoms with Gasteiger partial charge in [0.25, 0.3) is 5.91 Å². The highest BCUT2D eigenvalue weighted by Gasteiger charge is 2.25. The lowest BCUT2D eigenvalue weighted by Gasteiger charge is -2.17. The smallest absolute Gasteiger partial charge is 0.258 e. The van der Waals surface area contributed by atoms with Gasteiger partial charge in [-0.3, -0.25) is 9.59 Å². The summed E-state index contributed by atoms with van der Waals surface area (Å²) in [6, 6.07) is 23.4. The van der Waals surface area contributed by atoms with E-state index in [1.54, 1.807) is 0 Å². The van der Waals surface area contributed by atoms with Gasteiger partial charge in [0, 0.05) is 29.9 Å². The molecule has 0 aromatic heterocycles. The van der Waals surface area contributed by atoms with E-state index in [1.165, 1.54) is 5.56 Å². The number of benzene rings is 3. The molecule has 4 rings (SSSR count). The molecular formula is C25H24N2O2. The second-order valence-corrected chi connectivity index (χ2v) is 7.45. The molecule has 0 bridgehead atoms. The summed E-state index contributed by atoms with van der Waals surface area (Å²) in [5.74, 6) is 0.0139. The number of amides is 2. The molecule has 0 unspecified atom stereocenters. The van der Waals surface area contributed by atoms with Crippen molar-refractivity contribution >= 4 is 23.2 Å². The monoisotopic (exact) mass is 384 g/mol. The number of rotatable bonds is 5. The minimum atomic E-state index is 0.000685. The van der Waals surface area contributed by atoms with Crippen LogP contribution >= 0.6 is 0 Å². The third kappa shape index (κ3) is 4.37. The van der Waals surface area contributed by atoms with E-state index in [4.69, 9.17) is 0 Å². The van der Waals surface area contributed by atoms with Crippen LogP contribution in [-0.4, -0.2) is 18.4 Å². The van der Waals surface area contributed by atoms with Crippen LogP contribution in [0, 0.1) is 6.92 Å². The number of hydrogen-bond donors (Lipinski definition) is 1. The molecular weight excluding hydrogens is 360 g/mol. The molecule has 1 heterocycles. The van der Waals surface area contributed by atoms with Gasteiger partial charge in [0.15, 0.2) is 0 Å². The van der Waals surface area contributed by atoms with Crippen LogP contribution in [0.3, 0.4) is 0 Å². The van der Waals surface area contributed by atoms with Crippen LogP contribution in [0.1, 0.15) is 33.5 Å². The molecule has 0 saturated heterocycles. The fraction of sp³-hybridized carbons (Fsp3) is 0.200. The Morgan fingerprint density at radius 2 is 1.72 bits per heavy atom. The van der Waals surface area contributed by atoms with Crippen molar-refractivity contribution in [3.63, 3.8) is 0 Å². The van der Waals surface area contributed by atoms with Gasteiger partial charge in [-0.05, 0) is 61.2 Å². The van der Waals surface area contributed by atoms with Gasteiger partial charge in [0.2, 0.25) is 5.91 Å². The minimum absolute atomic E-state index is 0.000685. The molecule has 0 aliphatic carbocycles. The Morgan fingerprint density at radius 1 is 0.966 bits per heavy atom. The average Bonchev–Trinajstić information content (AvgIpc) is 3.16. The lowest BCUT2D eigenvalue weighted by Crippen LogP contribution is -2.28. The van der Waals surface area contributed by atoms with E-state index >= 15 is 0 Å². The molecule has 0 fully saturated rings. The van der Waals surface area contributed by atoms with E-state index in [0.717, 1.165) is 35.3 Å². The first kappa shape index (κ1) is 18.9. The molecule has 0 atom stereocenters. The summed E-state index contributed by atoms with van der Waals surface area (Å²) in [6.07, 6.45) is 1.95. The average molecular weight is 384 g/mol. The zero-order valence-electron chi connectivity index (χ0n) is 16.5. The first-order chi connectivity index (χ1) is 14.1. The first-order valence-corrected chi connectivity index (χ1v) is 9.95. The van der Waals surface area contributed by atoms with Gasteiger partial charge in [-0.1, -0.05) is 48.0 Å². The number of fused-ring (bicyclic) bond motifs is 1. The van der Waals surface area contributed by atoms with Gasteiger partial charge in [0.05, 0.1) is 0 Å². The maximum Gasteiger partial charge on any atom is 0.258 e. The maximum atomic E-state index is 12.8. The summed E-state index contributed by atoms with van der Waals surface area (Å²) >= 11 is 0. The largest absolute Gasteiger partial charge is 0.326 e. The molecule has 4 heteroatoms. The standard InChI is InChI=1S/C25H24N2O2/c1-18-7-9-19(10-8-18)11-14-24(28)26-22-12-13-23-21(17-22)15-16-27(23)25(29)20-5-3-2-4-6-20/h2-10,12-13,17H,11,14-16H2,1H3,(H,26,28). The van der Waals surface area contributed by atoms with E-state index in [2.05, 4.69) is 36.5 Å². The SMILES string of the molecule is Cc1ccc(CCC(=O)Nc2ccc3c(c2)CCN3C(=O)c2ccccc2)cc1. The number of hydrogen-bond acceptors (Lipinski definition) is 2. The highest BCUT2D eigenvalue weighted by molar-refractivity contribution is 6.07. The van der Waals surface area contributed by atoms with Crippen LogP contribution in [0.25, 0.3) is 0 Å². The number of nitrogens with one attached hydrogen (secondary N) is 1. The fourth-order valence-electron chi connectivity index (χ4n) is 3.66. The maximum absolute atomic E-state index is 12.8. The first-order valence-electron chi connectivity index (χ1n) is 9.95. The van der Waals surface area contributed by atoms with Gasteiger partial charge in [-0.15, -0.1) is 0 Å². The van der Waals surface area contributed by atoms with Gasteiger partial charge in [0.1, 0.15) is 0 Å². The molecule has 3 aromatic rings. The fourth-order valence-corrected chi connectivity index (χ4v) is 3.66. The van der Waals surface area contributed by atoms with Crippen LogP contribution in [-0.2, 0) is 17.6 Å². The van der Waals surface area contributed by atoms with Crippen molar-refractivity contribution in [3.8, 4) is 0 Å². The molecule has 1 aliphatic rings. The van der Waals surface area contributed by atoms with Crippen LogP contribution in [0.5, 0.6) is 0 Å². The lowest BCUT2D eigenvalue weighted by molar-refractivity contribution is -0.116. The minimum Gasteiger partial charge on any atom is -0.326 e. The molecule has 4 nitrogen and oxygen atoms in total. The van der Waals surface area contributed by atoms with Gasteiger partial charge in [-0.2, -0.15) is 0 Å². The predicted molar refractivity (Wildman–Crippen MR) is 116 cm³/mol. The van der Waals surface area contributed by atoms with Crippen LogP contribution < -0.4 is 10.2 Å². The second-order valence-electron chi connectivity index (χ2n) is 7.45. The Kier molecular flexibility index (Phi) is 5.43. The van der Waals surface area contributed by atoms with Crippen LogP contribution in [0.15, 0.2) is 72.8 Å². The summed E-state index contributed by atoms with van der Waals surface area (Å²) in [5, 5.41) is 2.99. The van der Waals surface area contributed by atoms with Gasteiger partial charge in [-0.25, -0.2) is 0 Å². The molecule has 0 spiro atoms. The summed E-state index contributed by atoms with van der Waals surface area (Å²) in [6.45, 7) is 2.72. The quantitative estimate of drug-likeness (QED) is 0.689. The van der Waals surface area contributed by atoms with Crippen molar-refractivity contribution in [2.24, 2.45) is 0 Å². The topological polar surface area (TPSA) is 49.4 Å². The van der Waals surface area contributed by atoms with E-state index in [9.17, 15) is 9.59 Å². The molecule has 0 saturated carbocycles. The molecule has 29 heavy (non-hydrogen) atoms. The van der Waals surface area contributed by atoms with Crippen LogP contribution in [0.4, 0.5) is 11.4 Å². The Bertz CT molecular complexity index is 1030. The van der Waals surface area contributed by atoms with Crippen molar-refractivity contribution in [3.05, 3.63) is 95.1 Å². The molecule has 146 valence electrons. The number of nitrogens with zero attached hydrogens (tertiary/aromatic N) is 1. The van der Waals surface area contributed by atoms with Crippen molar-refractivity contribution in [2.45, 2.75) is 26.2 Å². The highest BCUT2D eigenvalue weighted by Crippen LogP contribution is 2.31. The number of carbonyl (C=O) groups is 2. The zero-order chi connectivity index (χ0) is 20.2. The van der Waals surface area contributed by atoms with Gasteiger partial charge >= 0.3 is 0 Å². The number of anilines is 2. The predicted octanol–water partition coefficient (Wildman–Crippen LogP) is 4.77. The Hall–Kier alpha value is -3.40. The highest BCUT2D eigenvalue weighted by atomic mass is 16.2. The molecule has 0 radical (unpaired) electrons. The normalized spacial score (nSPS) is 12.5. The number of aryl methyl sites for hydroxylation is 2. The third-order valence-electron chi connectivity index (χ3n) is 5.29. The Balaban J connectivity index is 1.39. The summed E-state index contributed by atoms with van der Waals surface area (Å²) in [5.41, 5.74) is 5.87. The lowest BCUT2D eigenvalue weighted by atomic mass is 10.1. The van der Waals surface area contributed by atoms with E-state index < -0.39 is 0 Å². The van der Waals surface area contributed by atoms with Crippen LogP contribution in [0.2, 0.25) is 0 Å². The number of carbonyl (C=O) groups excluding carboxylic acids is 2. The molecule has 3 aromatic carbocycles. The summed E-state index contributed by atoms with van der Waals surface area (Å²) in [4.78, 5) is 26.9. The van der Waals surface area contributed by atoms with Gasteiger partial charge < -0.3 is 10.2 Å². The van der Waals surface area contributed by atoms with Crippen molar-refractivity contribution in [2.75, 3.05) is 16.8 Å². The zero-order valence-corrected chi connectivity index (χ0v) is 16.5. The van der Waals surface area contributed by atoms with E-state index in [-0.39, 0.29) is 11.8 Å². The molecule has 1 N–H and O–H groups in total. The van der Waals surface area contributed by atoms with Crippen molar-refractivity contribution < 1.29 is 9.59 Å². The molecule has 2 amide bonds. The second kappa shape index (κ2) is 8.31. The Labute approximate surface area is 171 Å². The summed E-state index contributed by atoms with van der Waals surface area (Å²) in [7, 11) is 0. The molecule has 1 aliphatic heterocycles.